The molecule has 0 radical (unpaired) electrons. The molecule has 0 heterocycles. The second-order valence-corrected chi connectivity index (χ2v) is 10.0. The van der Waals surface area contributed by atoms with Gasteiger partial charge < -0.3 is 20.7 Å². The lowest BCUT2D eigenvalue weighted by Gasteiger charge is -2.12. The van der Waals surface area contributed by atoms with Crippen LogP contribution in [0.4, 0.5) is 15.8 Å². The molecule has 0 aliphatic carbocycles. The summed E-state index contributed by atoms with van der Waals surface area (Å²) in [6.07, 6.45) is 1.28. The van der Waals surface area contributed by atoms with E-state index in [0.29, 0.717) is 27.7 Å². The van der Waals surface area contributed by atoms with Crippen molar-refractivity contribution < 1.29 is 23.5 Å². The van der Waals surface area contributed by atoms with Gasteiger partial charge in [0.2, 0.25) is 5.91 Å². The maximum atomic E-state index is 14.3. The van der Waals surface area contributed by atoms with Gasteiger partial charge in [0.1, 0.15) is 17.3 Å². The Kier molecular flexibility index (Phi) is 10.1. The molecule has 0 atom stereocenters. The highest BCUT2D eigenvalue weighted by Crippen LogP contribution is 2.27. The largest absolute Gasteiger partial charge is 0.495 e. The Morgan fingerprint density at radius 3 is 2.24 bits per heavy atom. The van der Waals surface area contributed by atoms with Gasteiger partial charge in [-0.3, -0.25) is 14.4 Å². The fraction of sp³-hybridized carbons (Fsp3) is 0.0645. The van der Waals surface area contributed by atoms with Crippen LogP contribution in [0.25, 0.3) is 6.08 Å². The number of thioether (sulfide) groups is 1. The summed E-state index contributed by atoms with van der Waals surface area (Å²) in [6, 6.07) is 26.1. The van der Waals surface area contributed by atoms with Crippen LogP contribution in [-0.4, -0.2) is 30.6 Å². The normalized spacial score (nSPS) is 11.0. The minimum absolute atomic E-state index is 0.127. The van der Waals surface area contributed by atoms with Crippen LogP contribution in [-0.2, 0) is 9.59 Å². The van der Waals surface area contributed by atoms with Gasteiger partial charge in [-0.1, -0.05) is 48.0 Å². The molecule has 4 aromatic rings. The highest BCUT2D eigenvalue weighted by Gasteiger charge is 2.16. The van der Waals surface area contributed by atoms with Crippen LogP contribution in [0, 0.1) is 5.82 Å². The summed E-state index contributed by atoms with van der Waals surface area (Å²) in [4.78, 5) is 39.1. The number of halogens is 2. The minimum atomic E-state index is -0.629. The van der Waals surface area contributed by atoms with Crippen molar-refractivity contribution >= 4 is 58.5 Å². The molecule has 0 aromatic heterocycles. The third-order valence-corrected chi connectivity index (χ3v) is 6.96. The van der Waals surface area contributed by atoms with E-state index >= 15 is 0 Å². The first-order valence-corrected chi connectivity index (χ1v) is 13.7. The minimum Gasteiger partial charge on any atom is -0.495 e. The predicted molar refractivity (Wildman–Crippen MR) is 161 cm³/mol. The van der Waals surface area contributed by atoms with Gasteiger partial charge in [0.05, 0.1) is 17.9 Å². The molecule has 0 saturated carbocycles. The predicted octanol–water partition coefficient (Wildman–Crippen LogP) is 6.63. The molecule has 0 aliphatic heterocycles. The van der Waals surface area contributed by atoms with Crippen molar-refractivity contribution in [3.05, 3.63) is 125 Å². The number of hydrogen-bond acceptors (Lipinski definition) is 5. The number of methoxy groups -OCH3 is 1. The van der Waals surface area contributed by atoms with Crippen LogP contribution in [0.3, 0.4) is 0 Å². The van der Waals surface area contributed by atoms with Crippen LogP contribution in [0.2, 0.25) is 5.02 Å². The zero-order chi connectivity index (χ0) is 29.2. The van der Waals surface area contributed by atoms with E-state index in [0.717, 1.165) is 4.90 Å². The molecule has 0 unspecified atom stereocenters. The quantitative estimate of drug-likeness (QED) is 0.143. The summed E-state index contributed by atoms with van der Waals surface area (Å²) < 4.78 is 19.4. The number of benzene rings is 4. The van der Waals surface area contributed by atoms with E-state index in [1.54, 1.807) is 78.9 Å². The molecule has 7 nitrogen and oxygen atoms in total. The first-order chi connectivity index (χ1) is 19.8. The summed E-state index contributed by atoms with van der Waals surface area (Å²) in [7, 11) is 1.51. The van der Waals surface area contributed by atoms with E-state index in [1.165, 1.54) is 43.1 Å². The molecule has 10 heteroatoms. The van der Waals surface area contributed by atoms with Gasteiger partial charge in [0, 0.05) is 27.4 Å². The number of anilines is 2. The maximum Gasteiger partial charge on any atom is 0.272 e. The molecule has 0 spiro atoms. The van der Waals surface area contributed by atoms with E-state index in [1.807, 2.05) is 0 Å². The fourth-order valence-electron chi connectivity index (χ4n) is 3.61. The van der Waals surface area contributed by atoms with Gasteiger partial charge >= 0.3 is 0 Å². The Labute approximate surface area is 245 Å². The average Bonchev–Trinajstić information content (AvgIpc) is 2.98. The van der Waals surface area contributed by atoms with Crippen molar-refractivity contribution in [2.75, 3.05) is 23.5 Å². The number of nitrogens with one attached hydrogen (secondary N) is 3. The first kappa shape index (κ1) is 29.4. The average molecular weight is 590 g/mol. The van der Waals surface area contributed by atoms with E-state index in [4.69, 9.17) is 16.3 Å². The topological polar surface area (TPSA) is 96.5 Å². The third kappa shape index (κ3) is 8.44. The SMILES string of the molecule is COc1ccc(NC(=O)CSc2ccc(NC(=O)/C(=C/c3ccccc3F)NC(=O)c3ccccc3)cc2)cc1Cl. The molecule has 208 valence electrons. The molecular weight excluding hydrogens is 565 g/mol. The van der Waals surface area contributed by atoms with E-state index < -0.39 is 17.6 Å². The van der Waals surface area contributed by atoms with Gasteiger partial charge in [0.15, 0.2) is 0 Å². The number of ether oxygens (including phenoxy) is 1. The van der Waals surface area contributed by atoms with Crippen molar-refractivity contribution in [3.63, 3.8) is 0 Å². The van der Waals surface area contributed by atoms with E-state index in [2.05, 4.69) is 16.0 Å². The molecule has 4 rings (SSSR count). The van der Waals surface area contributed by atoms with Crippen molar-refractivity contribution in [2.45, 2.75) is 4.90 Å². The molecule has 0 fully saturated rings. The van der Waals surface area contributed by atoms with Crippen molar-refractivity contribution in [2.24, 2.45) is 0 Å². The summed E-state index contributed by atoms with van der Waals surface area (Å²) in [5.41, 5.74) is 1.37. The maximum absolute atomic E-state index is 14.3. The second-order valence-electron chi connectivity index (χ2n) is 8.56. The summed E-state index contributed by atoms with van der Waals surface area (Å²) in [5, 5.41) is 8.48. The fourth-order valence-corrected chi connectivity index (χ4v) is 4.57. The van der Waals surface area contributed by atoms with Crippen molar-refractivity contribution in [1.82, 2.24) is 5.32 Å². The Morgan fingerprint density at radius 2 is 1.56 bits per heavy atom. The Bertz CT molecular complexity index is 1580. The third-order valence-electron chi connectivity index (χ3n) is 5.65. The number of amides is 3. The van der Waals surface area contributed by atoms with Crippen LogP contribution >= 0.6 is 23.4 Å². The van der Waals surface area contributed by atoms with Crippen LogP contribution in [0.1, 0.15) is 15.9 Å². The Balaban J connectivity index is 1.39. The molecule has 41 heavy (non-hydrogen) atoms. The molecule has 3 amide bonds. The van der Waals surface area contributed by atoms with Gasteiger partial charge in [-0.05, 0) is 66.7 Å². The molecule has 4 aromatic carbocycles. The Hall–Kier alpha value is -4.60. The zero-order valence-corrected chi connectivity index (χ0v) is 23.4. The lowest BCUT2D eigenvalue weighted by molar-refractivity contribution is -0.114. The highest BCUT2D eigenvalue weighted by atomic mass is 35.5. The van der Waals surface area contributed by atoms with Crippen molar-refractivity contribution in [1.29, 1.82) is 0 Å². The van der Waals surface area contributed by atoms with Gasteiger partial charge in [-0.2, -0.15) is 0 Å². The number of carbonyl (C=O) groups is 3. The zero-order valence-electron chi connectivity index (χ0n) is 21.8. The molecule has 0 bridgehead atoms. The molecular formula is C31H25ClFN3O4S. The van der Waals surface area contributed by atoms with Gasteiger partial charge in [-0.25, -0.2) is 4.39 Å². The van der Waals surface area contributed by atoms with Crippen LogP contribution < -0.4 is 20.7 Å². The monoisotopic (exact) mass is 589 g/mol. The van der Waals surface area contributed by atoms with E-state index in [-0.39, 0.29) is 22.9 Å². The smallest absolute Gasteiger partial charge is 0.272 e. The Morgan fingerprint density at radius 1 is 0.878 bits per heavy atom. The lowest BCUT2D eigenvalue weighted by Crippen LogP contribution is -2.30. The molecule has 0 aliphatic rings. The first-order valence-electron chi connectivity index (χ1n) is 12.3. The number of rotatable bonds is 10. The summed E-state index contributed by atoms with van der Waals surface area (Å²) in [5.74, 6) is -1.23. The number of carbonyl (C=O) groups excluding carboxylic acids is 3. The van der Waals surface area contributed by atoms with E-state index in [9.17, 15) is 18.8 Å². The second kappa shape index (κ2) is 14.2. The highest BCUT2D eigenvalue weighted by molar-refractivity contribution is 8.00. The summed E-state index contributed by atoms with van der Waals surface area (Å²) >= 11 is 7.41. The molecule has 3 N–H and O–H groups in total. The van der Waals surface area contributed by atoms with Gasteiger partial charge in [-0.15, -0.1) is 11.8 Å². The standard InChI is InChI=1S/C31H25ClFN3O4S/c1-40-28-16-13-23(18-25(28)32)34-29(37)19-41-24-14-11-22(12-15-24)35-31(39)27(17-21-9-5-6-10-26(21)33)36-30(38)20-7-3-2-4-8-20/h2-18H,19H2,1H3,(H,34,37)(H,35,39)(H,36,38)/b27-17-. The summed E-state index contributed by atoms with van der Waals surface area (Å²) in [6.45, 7) is 0. The number of hydrogen-bond donors (Lipinski definition) is 3. The lowest BCUT2D eigenvalue weighted by atomic mass is 10.1. The van der Waals surface area contributed by atoms with Crippen LogP contribution in [0.5, 0.6) is 5.75 Å². The molecule has 0 saturated heterocycles. The van der Waals surface area contributed by atoms with Crippen molar-refractivity contribution in [3.8, 4) is 5.75 Å². The van der Waals surface area contributed by atoms with Crippen LogP contribution in [0.15, 0.2) is 108 Å². The van der Waals surface area contributed by atoms with Gasteiger partial charge in [0.25, 0.3) is 11.8 Å².